The second-order valence-corrected chi connectivity index (χ2v) is 7.76. The third kappa shape index (κ3) is 4.17. The van der Waals surface area contributed by atoms with Crippen LogP contribution in [0.25, 0.3) is 10.9 Å². The van der Waals surface area contributed by atoms with Crippen molar-refractivity contribution in [2.45, 2.75) is 6.92 Å². The van der Waals surface area contributed by atoms with Crippen molar-refractivity contribution in [1.29, 1.82) is 0 Å². The third-order valence-corrected chi connectivity index (χ3v) is 5.48. The lowest BCUT2D eigenvalue weighted by atomic mass is 10.2. The minimum Gasteiger partial charge on any atom is -0.433 e. The standard InChI is InChI=1S/C23H21F3N6O/c1-13-10-16-19(25)18(11-17(24)21(16)30-13)33-23-20(26)22(28-12-29-23)31-14-2-4-15(5-3-14)32-8-6-27-7-9-32/h2-5,10-12,27,30H,6-9H2,1H3,(H,28,29,31). The van der Waals surface area contributed by atoms with Gasteiger partial charge in [0.1, 0.15) is 6.33 Å². The Hall–Kier alpha value is -3.79. The summed E-state index contributed by atoms with van der Waals surface area (Å²) in [4.78, 5) is 12.7. The molecule has 5 rings (SSSR count). The first-order valence-corrected chi connectivity index (χ1v) is 10.5. The number of hydrogen-bond donors (Lipinski definition) is 3. The number of hydrogen-bond acceptors (Lipinski definition) is 6. The number of piperazine rings is 1. The molecule has 0 amide bonds. The average molecular weight is 454 g/mol. The highest BCUT2D eigenvalue weighted by atomic mass is 19.1. The van der Waals surface area contributed by atoms with Gasteiger partial charge in [-0.25, -0.2) is 13.8 Å². The van der Waals surface area contributed by atoms with E-state index in [1.54, 1.807) is 6.92 Å². The van der Waals surface area contributed by atoms with Gasteiger partial charge >= 0.3 is 0 Å². The van der Waals surface area contributed by atoms with E-state index in [9.17, 15) is 8.78 Å². The number of aromatic amines is 1. The zero-order valence-electron chi connectivity index (χ0n) is 17.8. The fourth-order valence-electron chi connectivity index (χ4n) is 3.84. The van der Waals surface area contributed by atoms with Crippen LogP contribution in [-0.4, -0.2) is 41.1 Å². The highest BCUT2D eigenvalue weighted by Gasteiger charge is 2.20. The van der Waals surface area contributed by atoms with Gasteiger partial charge in [-0.1, -0.05) is 0 Å². The highest BCUT2D eigenvalue weighted by molar-refractivity contribution is 5.83. The number of ether oxygens (including phenoxy) is 1. The molecule has 170 valence electrons. The van der Waals surface area contributed by atoms with Gasteiger partial charge in [0.25, 0.3) is 5.88 Å². The van der Waals surface area contributed by atoms with Gasteiger partial charge in [0.15, 0.2) is 23.2 Å². The van der Waals surface area contributed by atoms with E-state index >= 15 is 4.39 Å². The Balaban J connectivity index is 1.37. The van der Waals surface area contributed by atoms with Gasteiger partial charge in [0.2, 0.25) is 5.82 Å². The second-order valence-electron chi connectivity index (χ2n) is 7.76. The molecule has 1 aliphatic heterocycles. The molecule has 3 heterocycles. The summed E-state index contributed by atoms with van der Waals surface area (Å²) in [6.07, 6.45) is 1.09. The Morgan fingerprint density at radius 1 is 1.00 bits per heavy atom. The summed E-state index contributed by atoms with van der Waals surface area (Å²) in [6.45, 7) is 5.36. The molecule has 7 nitrogen and oxygen atoms in total. The van der Waals surface area contributed by atoms with Crippen molar-refractivity contribution < 1.29 is 17.9 Å². The van der Waals surface area contributed by atoms with E-state index in [2.05, 4.69) is 30.5 Å². The number of nitrogens with zero attached hydrogens (tertiary/aromatic N) is 3. The number of H-pyrrole nitrogens is 1. The predicted molar refractivity (Wildman–Crippen MR) is 120 cm³/mol. The van der Waals surface area contributed by atoms with Crippen molar-refractivity contribution >= 4 is 28.1 Å². The highest BCUT2D eigenvalue weighted by Crippen LogP contribution is 2.34. The number of halogens is 3. The number of benzene rings is 2. The molecule has 3 N–H and O–H groups in total. The summed E-state index contributed by atoms with van der Waals surface area (Å²) < 4.78 is 49.5. The molecule has 33 heavy (non-hydrogen) atoms. The Morgan fingerprint density at radius 3 is 2.52 bits per heavy atom. The quantitative estimate of drug-likeness (QED) is 0.408. The molecule has 0 spiro atoms. The number of fused-ring (bicyclic) bond motifs is 1. The van der Waals surface area contributed by atoms with Gasteiger partial charge in [-0.3, -0.25) is 0 Å². The van der Waals surface area contributed by atoms with Crippen molar-refractivity contribution in [3.8, 4) is 11.6 Å². The minimum atomic E-state index is -0.922. The molecular formula is C23H21F3N6O. The van der Waals surface area contributed by atoms with Crippen LogP contribution in [0, 0.1) is 24.4 Å². The van der Waals surface area contributed by atoms with Crippen LogP contribution in [0.5, 0.6) is 11.6 Å². The summed E-state index contributed by atoms with van der Waals surface area (Å²) in [5, 5.41) is 6.20. The number of nitrogens with one attached hydrogen (secondary N) is 3. The van der Waals surface area contributed by atoms with Crippen LogP contribution < -0.4 is 20.3 Å². The largest absolute Gasteiger partial charge is 0.433 e. The van der Waals surface area contributed by atoms with Gasteiger partial charge in [0.05, 0.1) is 5.52 Å². The zero-order valence-corrected chi connectivity index (χ0v) is 17.8. The molecule has 2 aromatic heterocycles. The predicted octanol–water partition coefficient (Wildman–Crippen LogP) is 4.63. The molecule has 1 fully saturated rings. The molecular weight excluding hydrogens is 433 g/mol. The lowest BCUT2D eigenvalue weighted by Gasteiger charge is -2.29. The van der Waals surface area contributed by atoms with Crippen LogP contribution in [0.1, 0.15) is 5.69 Å². The van der Waals surface area contributed by atoms with Crippen LogP contribution >= 0.6 is 0 Å². The van der Waals surface area contributed by atoms with Gasteiger partial charge < -0.3 is 25.3 Å². The summed E-state index contributed by atoms with van der Waals surface area (Å²) in [6, 6.07) is 9.82. The van der Waals surface area contributed by atoms with Crippen molar-refractivity contribution in [3.63, 3.8) is 0 Å². The van der Waals surface area contributed by atoms with Crippen molar-refractivity contribution in [2.75, 3.05) is 36.4 Å². The number of aromatic nitrogens is 3. The first kappa shape index (κ1) is 21.1. The normalized spacial score (nSPS) is 14.0. The topological polar surface area (TPSA) is 78.1 Å². The molecule has 0 atom stereocenters. The zero-order chi connectivity index (χ0) is 22.9. The third-order valence-electron chi connectivity index (χ3n) is 5.48. The van der Waals surface area contributed by atoms with Crippen LogP contribution in [0.4, 0.5) is 30.4 Å². The molecule has 2 aromatic carbocycles. The van der Waals surface area contributed by atoms with E-state index < -0.39 is 29.1 Å². The van der Waals surface area contributed by atoms with Crippen molar-refractivity contribution in [1.82, 2.24) is 20.3 Å². The molecule has 0 aliphatic carbocycles. The molecule has 4 aromatic rings. The van der Waals surface area contributed by atoms with Gasteiger partial charge in [-0.15, -0.1) is 0 Å². The van der Waals surface area contributed by atoms with E-state index in [0.717, 1.165) is 44.3 Å². The second kappa shape index (κ2) is 8.62. The van der Waals surface area contributed by atoms with Crippen LogP contribution in [0.15, 0.2) is 42.7 Å². The summed E-state index contributed by atoms with van der Waals surface area (Å²) in [5.74, 6) is -3.58. The van der Waals surface area contributed by atoms with E-state index in [0.29, 0.717) is 11.4 Å². The Bertz CT molecular complexity index is 1300. The molecule has 1 saturated heterocycles. The molecule has 0 unspecified atom stereocenters. The molecule has 0 bridgehead atoms. The van der Waals surface area contributed by atoms with E-state index in [1.165, 1.54) is 6.07 Å². The Labute approximate surface area is 187 Å². The lowest BCUT2D eigenvalue weighted by Crippen LogP contribution is -2.43. The van der Waals surface area contributed by atoms with E-state index in [1.807, 2.05) is 24.3 Å². The number of rotatable bonds is 5. The summed E-state index contributed by atoms with van der Waals surface area (Å²) >= 11 is 0. The maximum Gasteiger partial charge on any atom is 0.261 e. The SMILES string of the molecule is Cc1cc2c(F)c(Oc3ncnc(Nc4ccc(N5CCNCC5)cc4)c3F)cc(F)c2[nH]1. The fourth-order valence-corrected chi connectivity index (χ4v) is 3.84. The van der Waals surface area contributed by atoms with Crippen LogP contribution in [-0.2, 0) is 0 Å². The van der Waals surface area contributed by atoms with E-state index in [4.69, 9.17) is 4.74 Å². The Morgan fingerprint density at radius 2 is 1.76 bits per heavy atom. The minimum absolute atomic E-state index is 0.0138. The number of anilines is 3. The average Bonchev–Trinajstić information content (AvgIpc) is 3.23. The lowest BCUT2D eigenvalue weighted by molar-refractivity contribution is 0.397. The smallest absolute Gasteiger partial charge is 0.261 e. The maximum absolute atomic E-state index is 15.0. The van der Waals surface area contributed by atoms with Gasteiger partial charge in [-0.05, 0) is 37.3 Å². The maximum atomic E-state index is 15.0. The van der Waals surface area contributed by atoms with Crippen LogP contribution in [0.2, 0.25) is 0 Å². The van der Waals surface area contributed by atoms with Gasteiger partial charge in [-0.2, -0.15) is 9.37 Å². The van der Waals surface area contributed by atoms with Crippen LogP contribution in [0.3, 0.4) is 0 Å². The molecule has 0 saturated carbocycles. The van der Waals surface area contributed by atoms with Crippen molar-refractivity contribution in [2.24, 2.45) is 0 Å². The molecule has 10 heteroatoms. The van der Waals surface area contributed by atoms with Crippen molar-refractivity contribution in [3.05, 3.63) is 65.9 Å². The summed E-state index contributed by atoms with van der Waals surface area (Å²) in [5.41, 5.74) is 2.29. The van der Waals surface area contributed by atoms with Gasteiger partial charge in [0, 0.05) is 54.7 Å². The Kier molecular flexibility index (Phi) is 5.51. The first-order valence-electron chi connectivity index (χ1n) is 10.5. The molecule has 1 aliphatic rings. The molecule has 0 radical (unpaired) electrons. The monoisotopic (exact) mass is 454 g/mol. The van der Waals surface area contributed by atoms with E-state index in [-0.39, 0.29) is 16.7 Å². The number of aryl methyl sites for hydroxylation is 1. The first-order chi connectivity index (χ1) is 16.0. The fraction of sp³-hybridized carbons (Fsp3) is 0.217. The summed E-state index contributed by atoms with van der Waals surface area (Å²) in [7, 11) is 0.